The van der Waals surface area contributed by atoms with Crippen molar-refractivity contribution < 1.29 is 4.79 Å². The molecule has 0 atom stereocenters. The number of nitrogens with zero attached hydrogens (tertiary/aromatic N) is 2. The van der Waals surface area contributed by atoms with Crippen LogP contribution >= 0.6 is 11.6 Å². The Balaban J connectivity index is 2.08. The minimum Gasteiger partial charge on any atom is -0.347 e. The highest BCUT2D eigenvalue weighted by molar-refractivity contribution is 6.30. The minimum atomic E-state index is -0.320. The van der Waals surface area contributed by atoms with Gasteiger partial charge in [-0.2, -0.15) is 5.10 Å². The number of nitrogens with one attached hydrogen (secondary N) is 1. The first-order valence-electron chi connectivity index (χ1n) is 6.60. The molecule has 1 heterocycles. The second-order valence-electron chi connectivity index (χ2n) is 4.90. The van der Waals surface area contributed by atoms with Crippen LogP contribution < -0.4 is 10.9 Å². The van der Waals surface area contributed by atoms with E-state index in [2.05, 4.69) is 10.4 Å². The van der Waals surface area contributed by atoms with Gasteiger partial charge in [-0.15, -0.1) is 0 Å². The number of amides is 1. The van der Waals surface area contributed by atoms with E-state index in [1.165, 1.54) is 16.8 Å². The van der Waals surface area contributed by atoms with Crippen LogP contribution in [0.4, 0.5) is 0 Å². The van der Waals surface area contributed by atoms with Crippen molar-refractivity contribution in [3.8, 4) is 0 Å². The first-order valence-corrected chi connectivity index (χ1v) is 6.97. The Morgan fingerprint density at radius 3 is 2.52 bits per heavy atom. The van der Waals surface area contributed by atoms with Crippen molar-refractivity contribution in [2.45, 2.75) is 26.4 Å². The number of hydrogen-bond donors (Lipinski definition) is 1. The first kappa shape index (κ1) is 15.3. The van der Waals surface area contributed by atoms with Crippen molar-refractivity contribution >= 4 is 17.5 Å². The van der Waals surface area contributed by atoms with E-state index in [4.69, 9.17) is 11.6 Å². The van der Waals surface area contributed by atoms with Crippen LogP contribution in [0.3, 0.4) is 0 Å². The smallest absolute Gasteiger partial charge is 0.271 e. The molecular weight excluding hydrogens is 290 g/mol. The molecule has 110 valence electrons. The second kappa shape index (κ2) is 6.54. The van der Waals surface area contributed by atoms with Gasteiger partial charge in [0, 0.05) is 17.6 Å². The number of benzene rings is 1. The van der Waals surface area contributed by atoms with Gasteiger partial charge in [0.05, 0.1) is 6.04 Å². The Kier molecular flexibility index (Phi) is 4.75. The fourth-order valence-corrected chi connectivity index (χ4v) is 1.92. The number of carbonyl (C=O) groups excluding carboxylic acids is 1. The van der Waals surface area contributed by atoms with Crippen LogP contribution in [-0.4, -0.2) is 15.7 Å². The Bertz CT molecular complexity index is 693. The molecule has 21 heavy (non-hydrogen) atoms. The van der Waals surface area contributed by atoms with E-state index in [0.29, 0.717) is 11.6 Å². The van der Waals surface area contributed by atoms with Crippen LogP contribution in [0.25, 0.3) is 0 Å². The highest BCUT2D eigenvalue weighted by atomic mass is 35.5. The Morgan fingerprint density at radius 2 is 1.90 bits per heavy atom. The lowest BCUT2D eigenvalue weighted by molar-refractivity contribution is 0.0943. The average molecular weight is 306 g/mol. The van der Waals surface area contributed by atoms with Gasteiger partial charge in [0.1, 0.15) is 5.69 Å². The lowest BCUT2D eigenvalue weighted by atomic mass is 10.2. The zero-order chi connectivity index (χ0) is 15.4. The maximum atomic E-state index is 12.1. The summed E-state index contributed by atoms with van der Waals surface area (Å²) in [6.07, 6.45) is 0. The number of hydrogen-bond acceptors (Lipinski definition) is 3. The topological polar surface area (TPSA) is 64.0 Å². The Morgan fingerprint density at radius 1 is 1.24 bits per heavy atom. The van der Waals surface area contributed by atoms with Crippen LogP contribution in [0.2, 0.25) is 5.02 Å². The van der Waals surface area contributed by atoms with Crippen LogP contribution in [0.5, 0.6) is 0 Å². The van der Waals surface area contributed by atoms with Crippen molar-refractivity contribution in [1.82, 2.24) is 15.1 Å². The van der Waals surface area contributed by atoms with Crippen LogP contribution in [0.1, 0.15) is 35.9 Å². The Labute approximate surface area is 127 Å². The summed E-state index contributed by atoms with van der Waals surface area (Å²) in [4.78, 5) is 23.7. The SMILES string of the molecule is CC(C)n1nc(C(=O)NCc2ccc(Cl)cc2)ccc1=O. The van der Waals surface area contributed by atoms with Crippen molar-refractivity contribution in [3.05, 3.63) is 63.0 Å². The summed E-state index contributed by atoms with van der Waals surface area (Å²) < 4.78 is 1.29. The van der Waals surface area contributed by atoms with Crippen molar-refractivity contribution in [2.75, 3.05) is 0 Å². The van der Waals surface area contributed by atoms with Crippen molar-refractivity contribution in [3.63, 3.8) is 0 Å². The standard InChI is InChI=1S/C15H16ClN3O2/c1-10(2)19-14(20)8-7-13(18-19)15(21)17-9-11-3-5-12(16)6-4-11/h3-8,10H,9H2,1-2H3,(H,17,21). The summed E-state index contributed by atoms with van der Waals surface area (Å²) >= 11 is 5.80. The molecule has 2 aromatic rings. The van der Waals surface area contributed by atoms with Gasteiger partial charge in [0.2, 0.25) is 0 Å². The normalized spacial score (nSPS) is 10.7. The lowest BCUT2D eigenvalue weighted by Gasteiger charge is -2.10. The van der Waals surface area contributed by atoms with Gasteiger partial charge in [0.25, 0.3) is 11.5 Å². The largest absolute Gasteiger partial charge is 0.347 e. The van der Waals surface area contributed by atoms with E-state index in [9.17, 15) is 9.59 Å². The molecule has 1 aromatic carbocycles. The zero-order valence-electron chi connectivity index (χ0n) is 11.8. The molecular formula is C15H16ClN3O2. The molecule has 1 N–H and O–H groups in total. The van der Waals surface area contributed by atoms with Gasteiger partial charge in [-0.05, 0) is 37.6 Å². The molecule has 0 aliphatic rings. The molecule has 1 aromatic heterocycles. The molecule has 2 rings (SSSR count). The Hall–Kier alpha value is -2.14. The fraction of sp³-hybridized carbons (Fsp3) is 0.267. The number of carbonyl (C=O) groups is 1. The van der Waals surface area contributed by atoms with E-state index < -0.39 is 0 Å². The summed E-state index contributed by atoms with van der Waals surface area (Å²) in [5, 5.41) is 7.48. The van der Waals surface area contributed by atoms with Gasteiger partial charge in [-0.25, -0.2) is 4.68 Å². The monoisotopic (exact) mass is 305 g/mol. The van der Waals surface area contributed by atoms with Gasteiger partial charge >= 0.3 is 0 Å². The third kappa shape index (κ3) is 3.92. The highest BCUT2D eigenvalue weighted by Crippen LogP contribution is 2.09. The maximum Gasteiger partial charge on any atom is 0.271 e. The average Bonchev–Trinajstić information content (AvgIpc) is 2.46. The lowest BCUT2D eigenvalue weighted by Crippen LogP contribution is -2.30. The molecule has 5 nitrogen and oxygen atoms in total. The molecule has 0 spiro atoms. The van der Waals surface area contributed by atoms with Crippen LogP contribution in [0.15, 0.2) is 41.2 Å². The fourth-order valence-electron chi connectivity index (χ4n) is 1.79. The van der Waals surface area contributed by atoms with E-state index in [0.717, 1.165) is 5.56 Å². The first-order chi connectivity index (χ1) is 9.97. The van der Waals surface area contributed by atoms with E-state index in [1.54, 1.807) is 12.1 Å². The zero-order valence-corrected chi connectivity index (χ0v) is 12.6. The number of rotatable bonds is 4. The number of halogens is 1. The summed E-state index contributed by atoms with van der Waals surface area (Å²) in [6.45, 7) is 4.05. The van der Waals surface area contributed by atoms with E-state index in [1.807, 2.05) is 26.0 Å². The highest BCUT2D eigenvalue weighted by Gasteiger charge is 2.10. The van der Waals surface area contributed by atoms with Gasteiger partial charge in [0.15, 0.2) is 0 Å². The second-order valence-corrected chi connectivity index (χ2v) is 5.34. The molecule has 0 aliphatic carbocycles. The molecule has 1 amide bonds. The van der Waals surface area contributed by atoms with E-state index >= 15 is 0 Å². The van der Waals surface area contributed by atoms with Crippen molar-refractivity contribution in [1.29, 1.82) is 0 Å². The summed E-state index contributed by atoms with van der Waals surface area (Å²) in [5.74, 6) is -0.320. The van der Waals surface area contributed by atoms with Crippen LogP contribution in [0, 0.1) is 0 Å². The predicted molar refractivity (Wildman–Crippen MR) is 81.5 cm³/mol. The summed E-state index contributed by atoms with van der Waals surface area (Å²) in [7, 11) is 0. The molecule has 0 aliphatic heterocycles. The molecule has 0 radical (unpaired) electrons. The predicted octanol–water partition coefficient (Wildman–Crippen LogP) is 2.41. The quantitative estimate of drug-likeness (QED) is 0.943. The maximum absolute atomic E-state index is 12.1. The van der Waals surface area contributed by atoms with Crippen LogP contribution in [-0.2, 0) is 6.54 Å². The molecule has 0 fully saturated rings. The van der Waals surface area contributed by atoms with Crippen molar-refractivity contribution in [2.24, 2.45) is 0 Å². The third-order valence-corrected chi connectivity index (χ3v) is 3.17. The molecule has 0 bridgehead atoms. The summed E-state index contributed by atoms with van der Waals surface area (Å²) in [6, 6.07) is 9.89. The van der Waals surface area contributed by atoms with Gasteiger partial charge < -0.3 is 5.32 Å². The number of aromatic nitrogens is 2. The molecule has 6 heteroatoms. The summed E-state index contributed by atoms with van der Waals surface area (Å²) in [5.41, 5.74) is 0.932. The van der Waals surface area contributed by atoms with Gasteiger partial charge in [-0.3, -0.25) is 9.59 Å². The minimum absolute atomic E-state index is 0.0958. The van der Waals surface area contributed by atoms with Gasteiger partial charge in [-0.1, -0.05) is 23.7 Å². The molecule has 0 saturated heterocycles. The third-order valence-electron chi connectivity index (χ3n) is 2.91. The molecule has 0 unspecified atom stereocenters. The molecule has 0 saturated carbocycles. The van der Waals surface area contributed by atoms with E-state index in [-0.39, 0.29) is 23.2 Å².